The van der Waals surface area contributed by atoms with Crippen molar-refractivity contribution in [1.29, 1.82) is 0 Å². The van der Waals surface area contributed by atoms with Crippen LogP contribution in [0.25, 0.3) is 0 Å². The van der Waals surface area contributed by atoms with E-state index in [0.717, 1.165) is 48.7 Å². The maximum absolute atomic E-state index is 1.77. The summed E-state index contributed by atoms with van der Waals surface area (Å²) in [7, 11) is 0. The first-order valence-electron chi connectivity index (χ1n) is 12.4. The van der Waals surface area contributed by atoms with Gasteiger partial charge >= 0.3 is 0 Å². The third-order valence-electron chi connectivity index (χ3n) is 19.8. The highest BCUT2D eigenvalue weighted by molar-refractivity contribution is 5.92. The smallest absolute Gasteiger partial charge is 0.00143 e. The first kappa shape index (κ1) is 9.00. The predicted octanol–water partition coefficient (Wildman–Crippen LogP) is 3.04. The van der Waals surface area contributed by atoms with Gasteiger partial charge in [0.05, 0.1) is 0 Å². The molecule has 16 aliphatic rings. The molecule has 0 aromatic heterocycles. The van der Waals surface area contributed by atoms with Crippen molar-refractivity contribution in [1.82, 2.24) is 0 Å². The molecular formula is C25H20. The van der Waals surface area contributed by atoms with Crippen molar-refractivity contribution in [3.8, 4) is 0 Å². The fourth-order valence-corrected chi connectivity index (χ4v) is 23.8. The molecule has 0 bridgehead atoms. The Balaban J connectivity index is 1.24. The normalized spacial score (nSPS) is 125. The molecule has 0 heterocycles. The lowest BCUT2D eigenvalue weighted by atomic mass is 8.55. The van der Waals surface area contributed by atoms with E-state index in [2.05, 4.69) is 0 Å². The molecule has 9 spiro atoms. The van der Waals surface area contributed by atoms with Crippen molar-refractivity contribution in [2.45, 2.75) is 25.7 Å². The SMILES string of the molecule is C1C2C3C4C[C@@H]5C6[C@@H]7C[C@@H]8C9[C@@H]%10CC%11C%12C1C21C32C45C63C87C94C%11%10C%121C234. The molecular weight excluding hydrogens is 300 g/mol. The van der Waals surface area contributed by atoms with Crippen molar-refractivity contribution in [2.24, 2.45) is 120 Å². The fourth-order valence-electron chi connectivity index (χ4n) is 23.8. The lowest BCUT2D eigenvalue weighted by Gasteiger charge is -3.48. The lowest BCUT2D eigenvalue weighted by molar-refractivity contribution is -1.03. The molecule has 16 rings (SSSR count). The molecule has 0 aromatic carbocycles. The highest BCUT2D eigenvalue weighted by Gasteiger charge is 3.47. The van der Waals surface area contributed by atoms with Crippen molar-refractivity contribution >= 4 is 0 Å². The summed E-state index contributed by atoms with van der Waals surface area (Å²) in [5, 5.41) is 0. The molecule has 0 heteroatoms. The average molecular weight is 320 g/mol. The summed E-state index contributed by atoms with van der Waals surface area (Å²) in [5.41, 5.74) is 10.0. The molecule has 0 radical (unpaired) electrons. The van der Waals surface area contributed by atoms with E-state index < -0.39 is 0 Å². The van der Waals surface area contributed by atoms with E-state index in [-0.39, 0.29) is 0 Å². The highest BCUT2D eigenvalue weighted by Crippen LogP contribution is 3.49. The minimum absolute atomic E-state index is 1.10. The molecule has 0 saturated heterocycles. The molecule has 21 atom stereocenters. The predicted molar refractivity (Wildman–Crippen MR) is 82.2 cm³/mol. The van der Waals surface area contributed by atoms with Crippen LogP contribution in [0, 0.1) is 120 Å². The van der Waals surface area contributed by atoms with E-state index in [1.165, 1.54) is 71.0 Å². The first-order chi connectivity index (χ1) is 12.4. The van der Waals surface area contributed by atoms with Crippen LogP contribution in [0.15, 0.2) is 0 Å². The van der Waals surface area contributed by atoms with Crippen LogP contribution in [0.4, 0.5) is 0 Å². The van der Waals surface area contributed by atoms with Gasteiger partial charge in [0.15, 0.2) is 0 Å². The maximum atomic E-state index is 1.77. The molecule has 0 N–H and O–H groups in total. The highest BCUT2D eigenvalue weighted by atomic mass is 15.5. The van der Waals surface area contributed by atoms with Gasteiger partial charge in [-0.3, -0.25) is 0 Å². The zero-order valence-electron chi connectivity index (χ0n) is 14.3. The number of fused-ring (bicyclic) bond motifs is 8. The van der Waals surface area contributed by atoms with Gasteiger partial charge in [-0.25, -0.2) is 0 Å². The minimum Gasteiger partial charge on any atom is -0.0458 e. The molecule has 0 aromatic rings. The summed E-state index contributed by atoms with van der Waals surface area (Å²) in [5.74, 6) is 16.1. The molecule has 0 amide bonds. The van der Waals surface area contributed by atoms with Crippen LogP contribution in [0.5, 0.6) is 0 Å². The fraction of sp³-hybridized carbons (Fsp3) is 1.00. The summed E-state index contributed by atoms with van der Waals surface area (Å²) in [6.07, 6.45) is 7.08. The topological polar surface area (TPSA) is 0 Å². The third kappa shape index (κ3) is 0.223. The minimum atomic E-state index is 1.10. The van der Waals surface area contributed by atoms with Crippen molar-refractivity contribution < 1.29 is 0 Å². The van der Waals surface area contributed by atoms with E-state index >= 15 is 0 Å². The van der Waals surface area contributed by atoms with Gasteiger partial charge in [0.1, 0.15) is 0 Å². The van der Waals surface area contributed by atoms with Crippen molar-refractivity contribution in [3.05, 3.63) is 0 Å². The van der Waals surface area contributed by atoms with Crippen LogP contribution < -0.4 is 0 Å². The van der Waals surface area contributed by atoms with Gasteiger partial charge < -0.3 is 0 Å². The van der Waals surface area contributed by atoms with Crippen molar-refractivity contribution in [3.63, 3.8) is 0 Å². The Kier molecular flexibility index (Phi) is 0.517. The number of rotatable bonds is 0. The quantitative estimate of drug-likeness (QED) is 0.643. The van der Waals surface area contributed by atoms with E-state index in [4.69, 9.17) is 0 Å². The van der Waals surface area contributed by atoms with E-state index in [1.54, 1.807) is 25.7 Å². The van der Waals surface area contributed by atoms with Crippen LogP contribution in [0.2, 0.25) is 0 Å². The van der Waals surface area contributed by atoms with Gasteiger partial charge in [0.25, 0.3) is 0 Å². The second-order valence-corrected chi connectivity index (χ2v) is 15.4. The van der Waals surface area contributed by atoms with E-state index in [0.29, 0.717) is 0 Å². The monoisotopic (exact) mass is 320 g/mol. The van der Waals surface area contributed by atoms with Gasteiger partial charge in [-0.2, -0.15) is 0 Å². The standard InChI is InChI=1S/C25H20/c1-5-13-7-2-9-15-11-4-12-16-10-3-8-14-6(1)17(5)21(13)18(7,9)23(15)20(11,12)24(16)19(8,10)22(14,17)25(21,23)24/h5-16H,1-4H2/t5-,6+,7+,8-,9?,10?,11?,12?,13?,14?,15?,16?,17?,18?,19?,20?,21?,22?,23?,24?,25?. The van der Waals surface area contributed by atoms with Crippen LogP contribution in [0.3, 0.4) is 0 Å². The second-order valence-electron chi connectivity index (χ2n) is 15.4. The molecule has 17 unspecified atom stereocenters. The van der Waals surface area contributed by atoms with Crippen LogP contribution in [0.1, 0.15) is 25.7 Å². The van der Waals surface area contributed by atoms with Gasteiger partial charge in [-0.05, 0) is 145 Å². The van der Waals surface area contributed by atoms with E-state index in [1.807, 2.05) is 0 Å². The van der Waals surface area contributed by atoms with Crippen molar-refractivity contribution in [2.75, 3.05) is 0 Å². The first-order valence-corrected chi connectivity index (χ1v) is 12.4. The zero-order chi connectivity index (χ0) is 14.3. The largest absolute Gasteiger partial charge is 0.0458 e. The Bertz CT molecular complexity index is 961. The summed E-state index contributed by atoms with van der Waals surface area (Å²) < 4.78 is 0. The number of hydrogen-bond donors (Lipinski definition) is 0. The Hall–Kier alpha value is 0. The van der Waals surface area contributed by atoms with Gasteiger partial charge in [0, 0.05) is 0 Å². The van der Waals surface area contributed by atoms with Crippen LogP contribution in [-0.2, 0) is 0 Å². The van der Waals surface area contributed by atoms with Gasteiger partial charge in [-0.1, -0.05) is 0 Å². The molecule has 16 saturated carbocycles. The molecule has 16 aliphatic carbocycles. The zero-order valence-corrected chi connectivity index (χ0v) is 14.3. The molecule has 16 fully saturated rings. The van der Waals surface area contributed by atoms with Gasteiger partial charge in [-0.15, -0.1) is 0 Å². The van der Waals surface area contributed by atoms with Crippen LogP contribution in [-0.4, -0.2) is 0 Å². The molecule has 120 valence electrons. The second kappa shape index (κ2) is 1.44. The Morgan fingerprint density at radius 1 is 0.360 bits per heavy atom. The van der Waals surface area contributed by atoms with E-state index in [9.17, 15) is 0 Å². The summed E-state index contributed by atoms with van der Waals surface area (Å²) in [6, 6.07) is 0. The average Bonchev–Trinajstić information content (AvgIpc) is 2.45. The summed E-state index contributed by atoms with van der Waals surface area (Å²) in [4.78, 5) is 0. The Morgan fingerprint density at radius 3 is 0.840 bits per heavy atom. The molecule has 0 nitrogen and oxygen atoms in total. The maximum Gasteiger partial charge on any atom is -0.00143 e. The van der Waals surface area contributed by atoms with Gasteiger partial charge in [0.2, 0.25) is 0 Å². The molecule has 0 aliphatic heterocycles. The Labute approximate surface area is 145 Å². The van der Waals surface area contributed by atoms with Crippen LogP contribution >= 0.6 is 0 Å². The lowest BCUT2D eigenvalue weighted by Crippen LogP contribution is -3.46. The third-order valence-corrected chi connectivity index (χ3v) is 19.8. The Morgan fingerprint density at radius 2 is 0.600 bits per heavy atom. The number of hydrogen-bond acceptors (Lipinski definition) is 0. The molecule has 25 heavy (non-hydrogen) atoms. The summed E-state index contributed by atoms with van der Waals surface area (Å²) >= 11 is 0. The summed E-state index contributed by atoms with van der Waals surface area (Å²) in [6.45, 7) is 0.